The van der Waals surface area contributed by atoms with E-state index in [-0.39, 0.29) is 5.92 Å². The van der Waals surface area contributed by atoms with Crippen molar-refractivity contribution in [2.24, 2.45) is 5.92 Å². The summed E-state index contributed by atoms with van der Waals surface area (Å²) in [7, 11) is 0. The van der Waals surface area contributed by atoms with Gasteiger partial charge in [-0.05, 0) is 25.0 Å². The second-order valence-electron chi connectivity index (χ2n) is 4.66. The van der Waals surface area contributed by atoms with Gasteiger partial charge in [0.1, 0.15) is 11.3 Å². The van der Waals surface area contributed by atoms with Crippen LogP contribution in [0.15, 0.2) is 30.3 Å². The van der Waals surface area contributed by atoms with Gasteiger partial charge in [0.25, 0.3) is 0 Å². The predicted octanol–water partition coefficient (Wildman–Crippen LogP) is 3.50. The summed E-state index contributed by atoms with van der Waals surface area (Å²) in [5, 5.41) is 11.7. The Kier molecular flexibility index (Phi) is 5.02. The van der Waals surface area contributed by atoms with Crippen molar-refractivity contribution in [2.75, 3.05) is 0 Å². The molecular formula is C12H17ClNO4P. The number of nitrogens with one attached hydrogen (secondary N) is 1. The van der Waals surface area contributed by atoms with Gasteiger partial charge in [-0.1, -0.05) is 32.0 Å². The van der Waals surface area contributed by atoms with Crippen molar-refractivity contribution in [1.29, 1.82) is 0 Å². The number of carbonyl (C=O) groups is 1. The summed E-state index contributed by atoms with van der Waals surface area (Å²) in [5.41, 5.74) is -1.44. The quantitative estimate of drug-likeness (QED) is 0.787. The number of halogens is 1. The highest BCUT2D eigenvalue weighted by Crippen LogP contribution is 2.50. The summed E-state index contributed by atoms with van der Waals surface area (Å²) in [6.45, 7) is 1.01. The molecule has 2 N–H and O–H groups in total. The van der Waals surface area contributed by atoms with Gasteiger partial charge in [0.15, 0.2) is 0 Å². The van der Waals surface area contributed by atoms with Gasteiger partial charge < -0.3 is 9.63 Å². The first-order valence-corrected chi connectivity index (χ1v) is 8.27. The molecule has 1 unspecified atom stereocenters. The molecule has 0 radical (unpaired) electrons. The predicted molar refractivity (Wildman–Crippen MR) is 74.5 cm³/mol. The van der Waals surface area contributed by atoms with E-state index in [1.165, 1.54) is 6.92 Å². The topological polar surface area (TPSA) is 75.6 Å². The molecule has 0 saturated heterocycles. The number of hydrogen-bond donors (Lipinski definition) is 2. The molecule has 5 nitrogen and oxygen atoms in total. The molecule has 0 aromatic heterocycles. The summed E-state index contributed by atoms with van der Waals surface area (Å²) in [6.07, 6.45) is 0. The van der Waals surface area contributed by atoms with Gasteiger partial charge in [0.05, 0.1) is 0 Å². The standard InChI is InChI=1S/C12H17ClNO4P/c1-9(2)12(3,11(15)16)14-19(13,17)18-10-7-5-4-6-8-10/h4-9H,1-3H3,(H,14,17)(H,15,16)/t12-,19?/m0/s1. The van der Waals surface area contributed by atoms with E-state index < -0.39 is 18.4 Å². The molecule has 0 amide bonds. The van der Waals surface area contributed by atoms with Crippen LogP contribution in [0.3, 0.4) is 0 Å². The van der Waals surface area contributed by atoms with Crippen LogP contribution >= 0.6 is 18.1 Å². The summed E-state index contributed by atoms with van der Waals surface area (Å²) < 4.78 is 17.3. The van der Waals surface area contributed by atoms with Crippen molar-refractivity contribution < 1.29 is 19.0 Å². The number of rotatable bonds is 6. The van der Waals surface area contributed by atoms with Crippen molar-refractivity contribution in [3.63, 3.8) is 0 Å². The normalized spacial score (nSPS) is 17.5. The Balaban J connectivity index is 2.90. The molecule has 0 heterocycles. The number of para-hydroxylation sites is 1. The number of benzene rings is 1. The average molecular weight is 306 g/mol. The zero-order valence-corrected chi connectivity index (χ0v) is 12.6. The second-order valence-corrected chi connectivity index (χ2v) is 7.36. The molecule has 7 heteroatoms. The summed E-state index contributed by atoms with van der Waals surface area (Å²) >= 11 is 5.80. The van der Waals surface area contributed by atoms with Crippen LogP contribution in [-0.2, 0) is 9.36 Å². The molecular weight excluding hydrogens is 289 g/mol. The lowest BCUT2D eigenvalue weighted by Gasteiger charge is -2.31. The van der Waals surface area contributed by atoms with Gasteiger partial charge in [0.2, 0.25) is 0 Å². The maximum atomic E-state index is 12.2. The van der Waals surface area contributed by atoms with Crippen LogP contribution in [0.25, 0.3) is 0 Å². The highest BCUT2D eigenvalue weighted by molar-refractivity contribution is 7.84. The molecule has 0 bridgehead atoms. The molecule has 1 aromatic rings. The number of aliphatic carboxylic acids is 1. The maximum Gasteiger partial charge on any atom is 0.410 e. The molecule has 0 saturated carbocycles. The Bertz CT molecular complexity index is 494. The van der Waals surface area contributed by atoms with Crippen LogP contribution in [0.5, 0.6) is 5.75 Å². The molecule has 106 valence electrons. The largest absolute Gasteiger partial charge is 0.480 e. The lowest BCUT2D eigenvalue weighted by molar-refractivity contribution is -0.145. The molecule has 0 spiro atoms. The molecule has 1 rings (SSSR count). The smallest absolute Gasteiger partial charge is 0.410 e. The van der Waals surface area contributed by atoms with Crippen molar-refractivity contribution in [1.82, 2.24) is 5.09 Å². The Morgan fingerprint density at radius 3 is 2.37 bits per heavy atom. The molecule has 0 aliphatic heterocycles. The van der Waals surface area contributed by atoms with E-state index in [9.17, 15) is 14.5 Å². The van der Waals surface area contributed by atoms with Gasteiger partial charge in [-0.15, -0.1) is 0 Å². The van der Waals surface area contributed by atoms with Gasteiger partial charge in [-0.2, -0.15) is 0 Å². The van der Waals surface area contributed by atoms with E-state index in [0.29, 0.717) is 5.75 Å². The lowest BCUT2D eigenvalue weighted by Crippen LogP contribution is -2.51. The SMILES string of the molecule is CC(C)[C@](C)(NP(=O)(Cl)Oc1ccccc1)C(=O)O. The number of carboxylic acid groups (broad SMARTS) is 1. The Morgan fingerprint density at radius 2 is 1.95 bits per heavy atom. The Morgan fingerprint density at radius 1 is 1.42 bits per heavy atom. The summed E-state index contributed by atoms with van der Waals surface area (Å²) in [4.78, 5) is 11.3. The third-order valence-electron chi connectivity index (χ3n) is 2.93. The van der Waals surface area contributed by atoms with E-state index in [4.69, 9.17) is 15.8 Å². The first-order chi connectivity index (χ1) is 8.67. The van der Waals surface area contributed by atoms with E-state index in [0.717, 1.165) is 0 Å². The highest BCUT2D eigenvalue weighted by atomic mass is 35.7. The first kappa shape index (κ1) is 16.0. The number of carboxylic acids is 1. The zero-order chi connectivity index (χ0) is 14.7. The second kappa shape index (κ2) is 5.95. The van der Waals surface area contributed by atoms with Crippen molar-refractivity contribution in [3.05, 3.63) is 30.3 Å². The lowest BCUT2D eigenvalue weighted by atomic mass is 9.90. The highest BCUT2D eigenvalue weighted by Gasteiger charge is 2.43. The van der Waals surface area contributed by atoms with Gasteiger partial charge in [-0.3, -0.25) is 4.79 Å². The fourth-order valence-electron chi connectivity index (χ4n) is 1.34. The van der Waals surface area contributed by atoms with Crippen molar-refractivity contribution >= 4 is 24.1 Å². The third kappa shape index (κ3) is 4.23. The van der Waals surface area contributed by atoms with Crippen LogP contribution in [0, 0.1) is 5.92 Å². The van der Waals surface area contributed by atoms with E-state index >= 15 is 0 Å². The van der Waals surface area contributed by atoms with Crippen LogP contribution in [-0.4, -0.2) is 16.6 Å². The van der Waals surface area contributed by atoms with E-state index in [1.54, 1.807) is 44.2 Å². The van der Waals surface area contributed by atoms with Crippen LogP contribution < -0.4 is 9.61 Å². The molecule has 1 aromatic carbocycles. The van der Waals surface area contributed by atoms with Crippen LogP contribution in [0.1, 0.15) is 20.8 Å². The number of hydrogen-bond acceptors (Lipinski definition) is 3. The van der Waals surface area contributed by atoms with Crippen molar-refractivity contribution in [3.8, 4) is 5.75 Å². The monoisotopic (exact) mass is 305 g/mol. The summed E-state index contributed by atoms with van der Waals surface area (Å²) in [6, 6.07) is 8.35. The van der Waals surface area contributed by atoms with Gasteiger partial charge in [-0.25, -0.2) is 9.65 Å². The van der Waals surface area contributed by atoms with Crippen LogP contribution in [0.4, 0.5) is 0 Å². The minimum absolute atomic E-state index is 0.310. The molecule has 0 aliphatic rings. The van der Waals surface area contributed by atoms with E-state index in [2.05, 4.69) is 5.09 Å². The fraction of sp³-hybridized carbons (Fsp3) is 0.417. The first-order valence-electron chi connectivity index (χ1n) is 5.74. The maximum absolute atomic E-state index is 12.2. The summed E-state index contributed by atoms with van der Waals surface area (Å²) in [5.74, 6) is -1.15. The fourth-order valence-corrected chi connectivity index (χ4v) is 3.45. The van der Waals surface area contributed by atoms with E-state index in [1.807, 2.05) is 0 Å². The minimum atomic E-state index is -3.80. The zero-order valence-electron chi connectivity index (χ0n) is 11.0. The van der Waals surface area contributed by atoms with Gasteiger partial charge in [0, 0.05) is 11.2 Å². The molecule has 2 atom stereocenters. The minimum Gasteiger partial charge on any atom is -0.480 e. The van der Waals surface area contributed by atoms with Crippen LogP contribution in [0.2, 0.25) is 0 Å². The molecule has 0 aliphatic carbocycles. The molecule has 19 heavy (non-hydrogen) atoms. The third-order valence-corrected chi connectivity index (χ3v) is 4.57. The Labute approximate surface area is 117 Å². The average Bonchev–Trinajstić information content (AvgIpc) is 2.28. The molecule has 0 fully saturated rings. The van der Waals surface area contributed by atoms with Crippen molar-refractivity contribution in [2.45, 2.75) is 26.3 Å². The Hall–Kier alpha value is -1.03. The van der Waals surface area contributed by atoms with Gasteiger partial charge >= 0.3 is 12.8 Å².